The minimum atomic E-state index is 1.10. The molecule has 40 heavy (non-hydrogen) atoms. The minimum Gasteiger partial charge on any atom is -0.309 e. The summed E-state index contributed by atoms with van der Waals surface area (Å²) in [5, 5.41) is 7.70. The quantitative estimate of drug-likeness (QED) is 0.185. The Balaban J connectivity index is 1.48. The Bertz CT molecular complexity index is 2220. The van der Waals surface area contributed by atoms with E-state index in [1.54, 1.807) is 0 Å². The Labute approximate surface area is 241 Å². The fraction of sp³-hybridized carbons (Fsp3) is 0. The van der Waals surface area contributed by atoms with Crippen LogP contribution in [0.2, 0.25) is 0 Å². The molecule has 0 unspecified atom stereocenters. The molecule has 0 fully saturated rings. The van der Waals surface area contributed by atoms with Crippen molar-refractivity contribution in [1.82, 2.24) is 4.57 Å². The van der Waals surface area contributed by atoms with Crippen molar-refractivity contribution in [1.29, 1.82) is 0 Å². The molecule has 1 aromatic heterocycles. The number of benzene rings is 7. The van der Waals surface area contributed by atoms with Crippen molar-refractivity contribution in [2.45, 2.75) is 0 Å². The Hall–Kier alpha value is -4.66. The third-order valence-electron chi connectivity index (χ3n) is 8.03. The molecule has 0 saturated heterocycles. The van der Waals surface area contributed by atoms with E-state index < -0.39 is 0 Å². The summed E-state index contributed by atoms with van der Waals surface area (Å²) in [6.45, 7) is 0. The molecule has 7 aromatic carbocycles. The van der Waals surface area contributed by atoms with Gasteiger partial charge in [0.25, 0.3) is 0 Å². The zero-order valence-electron chi connectivity index (χ0n) is 21.7. The molecule has 0 aliphatic rings. The van der Waals surface area contributed by atoms with Gasteiger partial charge in [0.2, 0.25) is 0 Å². The predicted molar refractivity (Wildman–Crippen MR) is 174 cm³/mol. The van der Waals surface area contributed by atoms with Gasteiger partial charge in [-0.3, -0.25) is 0 Å². The van der Waals surface area contributed by atoms with Gasteiger partial charge in [-0.25, -0.2) is 0 Å². The molecule has 1 nitrogen and oxygen atoms in total. The second-order valence-corrected chi connectivity index (χ2v) is 11.1. The predicted octanol–water partition coefficient (Wildman–Crippen LogP) is 11.2. The number of nitrogens with zero attached hydrogens (tertiary/aromatic N) is 1. The Morgan fingerprint density at radius 3 is 1.85 bits per heavy atom. The molecule has 1 heterocycles. The number of halogens is 1. The van der Waals surface area contributed by atoms with Crippen LogP contribution in [0.1, 0.15) is 0 Å². The molecule has 0 atom stereocenters. The van der Waals surface area contributed by atoms with E-state index in [0.717, 1.165) is 4.47 Å². The molecular weight excluding hydrogens is 550 g/mol. The van der Waals surface area contributed by atoms with Crippen LogP contribution in [-0.2, 0) is 0 Å². The first-order valence-corrected chi connectivity index (χ1v) is 14.4. The van der Waals surface area contributed by atoms with Gasteiger partial charge in [-0.1, -0.05) is 125 Å². The van der Waals surface area contributed by atoms with Crippen molar-refractivity contribution < 1.29 is 0 Å². The van der Waals surface area contributed by atoms with Crippen molar-refractivity contribution in [2.75, 3.05) is 0 Å². The van der Waals surface area contributed by atoms with Crippen molar-refractivity contribution in [3.63, 3.8) is 0 Å². The molecule has 0 amide bonds. The first kappa shape index (κ1) is 23.2. The monoisotopic (exact) mass is 573 g/mol. The van der Waals surface area contributed by atoms with E-state index in [1.807, 2.05) is 0 Å². The first-order chi connectivity index (χ1) is 19.8. The topological polar surface area (TPSA) is 4.93 Å². The van der Waals surface area contributed by atoms with Crippen LogP contribution in [0.3, 0.4) is 0 Å². The lowest BCUT2D eigenvalue weighted by Gasteiger charge is -2.12. The summed E-state index contributed by atoms with van der Waals surface area (Å²) in [5.74, 6) is 0. The zero-order chi connectivity index (χ0) is 26.6. The number of aromatic nitrogens is 1. The standard InChI is InChI=1S/C38H24BrN/c39-35-20-9-8-15-29(35)27-12-10-11-25(23-27)26-21-22-36-34(24-26)37-32-18-6-4-16-30(32)31-17-5-7-19-33(31)38(37)40(36)28-13-2-1-3-14-28/h1-24H. The van der Waals surface area contributed by atoms with Crippen LogP contribution < -0.4 is 0 Å². The summed E-state index contributed by atoms with van der Waals surface area (Å²) in [5.41, 5.74) is 8.47. The molecule has 0 bridgehead atoms. The second kappa shape index (κ2) is 9.22. The first-order valence-electron chi connectivity index (χ1n) is 13.6. The maximum atomic E-state index is 3.74. The largest absolute Gasteiger partial charge is 0.309 e. The van der Waals surface area contributed by atoms with Gasteiger partial charge in [-0.15, -0.1) is 0 Å². The number of hydrogen-bond acceptors (Lipinski definition) is 0. The lowest BCUT2D eigenvalue weighted by atomic mass is 9.95. The summed E-state index contributed by atoms with van der Waals surface area (Å²) in [6.07, 6.45) is 0. The van der Waals surface area contributed by atoms with Gasteiger partial charge < -0.3 is 4.57 Å². The summed E-state index contributed by atoms with van der Waals surface area (Å²) in [6, 6.07) is 52.6. The van der Waals surface area contributed by atoms with Gasteiger partial charge in [-0.05, 0) is 74.8 Å². The molecule has 2 heteroatoms. The number of hydrogen-bond donors (Lipinski definition) is 0. The van der Waals surface area contributed by atoms with Gasteiger partial charge in [0.15, 0.2) is 0 Å². The fourth-order valence-electron chi connectivity index (χ4n) is 6.27. The lowest BCUT2D eigenvalue weighted by molar-refractivity contribution is 1.19. The maximum Gasteiger partial charge on any atom is 0.0625 e. The second-order valence-electron chi connectivity index (χ2n) is 10.3. The van der Waals surface area contributed by atoms with Gasteiger partial charge in [-0.2, -0.15) is 0 Å². The zero-order valence-corrected chi connectivity index (χ0v) is 23.3. The van der Waals surface area contributed by atoms with Crippen LogP contribution in [0, 0.1) is 0 Å². The van der Waals surface area contributed by atoms with Gasteiger partial charge in [0.05, 0.1) is 11.0 Å². The smallest absolute Gasteiger partial charge is 0.0625 e. The fourth-order valence-corrected chi connectivity index (χ4v) is 6.78. The van der Waals surface area contributed by atoms with Crippen molar-refractivity contribution in [2.24, 2.45) is 0 Å². The summed E-state index contributed by atoms with van der Waals surface area (Å²) in [7, 11) is 0. The normalized spacial score (nSPS) is 11.6. The van der Waals surface area contributed by atoms with E-state index in [0.29, 0.717) is 0 Å². The average molecular weight is 575 g/mol. The van der Waals surface area contributed by atoms with Crippen LogP contribution >= 0.6 is 15.9 Å². The number of rotatable bonds is 3. The SMILES string of the molecule is Brc1ccccc1-c1cccc(-c2ccc3c(c2)c2c4ccccc4c4ccccc4c2n3-c2ccccc2)c1. The molecule has 0 N–H and O–H groups in total. The number of fused-ring (bicyclic) bond motifs is 8. The van der Waals surface area contributed by atoms with E-state index in [9.17, 15) is 0 Å². The molecule has 0 aliphatic carbocycles. The molecule has 0 radical (unpaired) electrons. The van der Waals surface area contributed by atoms with Crippen LogP contribution in [0.25, 0.3) is 71.3 Å². The van der Waals surface area contributed by atoms with Gasteiger partial charge >= 0.3 is 0 Å². The molecule has 0 spiro atoms. The molecular formula is C38H24BrN. The number of para-hydroxylation sites is 1. The highest BCUT2D eigenvalue weighted by Crippen LogP contribution is 2.43. The van der Waals surface area contributed by atoms with Crippen LogP contribution in [0.5, 0.6) is 0 Å². The van der Waals surface area contributed by atoms with E-state index >= 15 is 0 Å². The Kier molecular flexibility index (Phi) is 5.36. The van der Waals surface area contributed by atoms with E-state index in [1.165, 1.54) is 71.3 Å². The third-order valence-corrected chi connectivity index (χ3v) is 8.72. The van der Waals surface area contributed by atoms with E-state index in [4.69, 9.17) is 0 Å². The highest BCUT2D eigenvalue weighted by Gasteiger charge is 2.19. The third kappa shape index (κ3) is 3.53. The Morgan fingerprint density at radius 1 is 0.425 bits per heavy atom. The lowest BCUT2D eigenvalue weighted by Crippen LogP contribution is -1.94. The summed E-state index contributed by atoms with van der Waals surface area (Å²) < 4.78 is 3.55. The van der Waals surface area contributed by atoms with Crippen molar-refractivity contribution >= 4 is 59.3 Å². The molecule has 8 rings (SSSR count). The minimum absolute atomic E-state index is 1.10. The molecule has 188 valence electrons. The van der Waals surface area contributed by atoms with Crippen LogP contribution in [0.4, 0.5) is 0 Å². The van der Waals surface area contributed by atoms with E-state index in [2.05, 4.69) is 166 Å². The van der Waals surface area contributed by atoms with Gasteiger partial charge in [0, 0.05) is 26.3 Å². The van der Waals surface area contributed by atoms with Crippen molar-refractivity contribution in [3.05, 3.63) is 150 Å². The summed E-state index contributed by atoms with van der Waals surface area (Å²) in [4.78, 5) is 0. The molecule has 8 aromatic rings. The highest BCUT2D eigenvalue weighted by atomic mass is 79.9. The van der Waals surface area contributed by atoms with Crippen molar-refractivity contribution in [3.8, 4) is 27.9 Å². The van der Waals surface area contributed by atoms with Crippen LogP contribution in [-0.4, -0.2) is 4.57 Å². The van der Waals surface area contributed by atoms with E-state index in [-0.39, 0.29) is 0 Å². The van der Waals surface area contributed by atoms with Crippen LogP contribution in [0.15, 0.2) is 150 Å². The van der Waals surface area contributed by atoms with Gasteiger partial charge in [0.1, 0.15) is 0 Å². The molecule has 0 aliphatic heterocycles. The highest BCUT2D eigenvalue weighted by molar-refractivity contribution is 9.10. The summed E-state index contributed by atoms with van der Waals surface area (Å²) >= 11 is 3.74. The molecule has 0 saturated carbocycles. The Morgan fingerprint density at radius 2 is 1.05 bits per heavy atom. The average Bonchev–Trinajstić information content (AvgIpc) is 3.37. The maximum absolute atomic E-state index is 3.74.